The maximum absolute atomic E-state index is 10.2. The van der Waals surface area contributed by atoms with Crippen LogP contribution in [0.25, 0.3) is 0 Å². The van der Waals surface area contributed by atoms with E-state index in [1.54, 1.807) is 0 Å². The number of likely N-dealkylation sites (tertiary alicyclic amines) is 1. The van der Waals surface area contributed by atoms with Crippen LogP contribution in [0, 0.1) is 17.8 Å². The molecule has 0 aromatic heterocycles. The van der Waals surface area contributed by atoms with Crippen LogP contribution in [0.5, 0.6) is 0 Å². The van der Waals surface area contributed by atoms with Crippen molar-refractivity contribution in [2.45, 2.75) is 58.5 Å². The maximum atomic E-state index is 10.2. The molecule has 0 radical (unpaired) electrons. The lowest BCUT2D eigenvalue weighted by molar-refractivity contribution is 0.0574. The van der Waals surface area contributed by atoms with E-state index in [1.165, 1.54) is 45.2 Å². The zero-order valence-corrected chi connectivity index (χ0v) is 11.6. The molecule has 1 aliphatic heterocycles. The largest absolute Gasteiger partial charge is 0.392 e. The zero-order valence-electron chi connectivity index (χ0n) is 11.6. The Morgan fingerprint density at radius 2 is 1.71 bits per heavy atom. The van der Waals surface area contributed by atoms with Crippen LogP contribution in [-0.4, -0.2) is 35.7 Å². The topological polar surface area (TPSA) is 23.5 Å². The molecule has 0 bridgehead atoms. The molecule has 0 spiro atoms. The first-order chi connectivity index (χ1) is 8.13. The molecule has 1 N–H and O–H groups in total. The summed E-state index contributed by atoms with van der Waals surface area (Å²) < 4.78 is 0. The number of hydrogen-bond donors (Lipinski definition) is 1. The highest BCUT2D eigenvalue weighted by atomic mass is 16.3. The minimum atomic E-state index is -0.0874. The van der Waals surface area contributed by atoms with Crippen molar-refractivity contribution < 1.29 is 5.11 Å². The van der Waals surface area contributed by atoms with Gasteiger partial charge in [0, 0.05) is 19.6 Å². The molecule has 2 nitrogen and oxygen atoms in total. The average molecular weight is 239 g/mol. The maximum Gasteiger partial charge on any atom is 0.0669 e. The SMILES string of the molecule is CC1CC(C)CN(CC(O)CC2CCCC2)C1. The van der Waals surface area contributed by atoms with E-state index in [4.69, 9.17) is 0 Å². The van der Waals surface area contributed by atoms with Crippen LogP contribution in [-0.2, 0) is 0 Å². The molecule has 0 aromatic carbocycles. The minimum Gasteiger partial charge on any atom is -0.392 e. The second-order valence-electron chi connectivity index (χ2n) is 6.70. The molecule has 3 unspecified atom stereocenters. The summed E-state index contributed by atoms with van der Waals surface area (Å²) in [6.07, 6.45) is 7.78. The lowest BCUT2D eigenvalue weighted by atomic mass is 9.91. The van der Waals surface area contributed by atoms with Gasteiger partial charge in [0.2, 0.25) is 0 Å². The quantitative estimate of drug-likeness (QED) is 0.815. The van der Waals surface area contributed by atoms with Crippen molar-refractivity contribution in [1.82, 2.24) is 4.90 Å². The summed E-state index contributed by atoms with van der Waals surface area (Å²) in [4.78, 5) is 2.48. The first kappa shape index (κ1) is 13.4. The van der Waals surface area contributed by atoms with E-state index in [0.717, 1.165) is 30.7 Å². The fourth-order valence-electron chi connectivity index (χ4n) is 3.94. The first-order valence-corrected chi connectivity index (χ1v) is 7.54. The Hall–Kier alpha value is -0.0800. The number of rotatable bonds is 4. The summed E-state index contributed by atoms with van der Waals surface area (Å²) in [5.41, 5.74) is 0. The van der Waals surface area contributed by atoms with E-state index < -0.39 is 0 Å². The van der Waals surface area contributed by atoms with E-state index in [1.807, 2.05) is 0 Å². The van der Waals surface area contributed by atoms with Crippen LogP contribution in [0.15, 0.2) is 0 Å². The van der Waals surface area contributed by atoms with Gasteiger partial charge < -0.3 is 10.0 Å². The van der Waals surface area contributed by atoms with Crippen LogP contribution in [0.2, 0.25) is 0 Å². The number of β-amino-alcohol motifs (C(OH)–C–C–N with tert-alkyl or cyclic N) is 1. The Kier molecular flexibility index (Phi) is 4.87. The van der Waals surface area contributed by atoms with Gasteiger partial charge in [0.1, 0.15) is 0 Å². The zero-order chi connectivity index (χ0) is 12.3. The summed E-state index contributed by atoms with van der Waals surface area (Å²) in [7, 11) is 0. The van der Waals surface area contributed by atoms with Crippen molar-refractivity contribution in [2.75, 3.05) is 19.6 Å². The van der Waals surface area contributed by atoms with Gasteiger partial charge in [-0.05, 0) is 30.6 Å². The normalized spacial score (nSPS) is 34.1. The molecular formula is C15H29NO. The third-order valence-electron chi connectivity index (χ3n) is 4.49. The van der Waals surface area contributed by atoms with Crippen molar-refractivity contribution in [1.29, 1.82) is 0 Å². The number of aliphatic hydroxyl groups excluding tert-OH is 1. The van der Waals surface area contributed by atoms with Crippen molar-refractivity contribution >= 4 is 0 Å². The van der Waals surface area contributed by atoms with Crippen molar-refractivity contribution in [3.05, 3.63) is 0 Å². The predicted octanol–water partition coefficient (Wildman–Crippen LogP) is 2.91. The Labute approximate surface area is 106 Å². The molecule has 1 saturated carbocycles. The van der Waals surface area contributed by atoms with Gasteiger partial charge >= 0.3 is 0 Å². The van der Waals surface area contributed by atoms with Crippen LogP contribution in [0.1, 0.15) is 52.4 Å². The molecule has 0 aromatic rings. The van der Waals surface area contributed by atoms with Gasteiger partial charge in [0.15, 0.2) is 0 Å². The molecule has 2 rings (SSSR count). The Bertz CT molecular complexity index is 215. The van der Waals surface area contributed by atoms with E-state index in [2.05, 4.69) is 18.7 Å². The molecule has 1 heterocycles. The Morgan fingerprint density at radius 1 is 1.12 bits per heavy atom. The molecule has 0 amide bonds. The third kappa shape index (κ3) is 4.26. The number of nitrogens with zero attached hydrogens (tertiary/aromatic N) is 1. The summed E-state index contributed by atoms with van der Waals surface area (Å²) >= 11 is 0. The lowest BCUT2D eigenvalue weighted by Crippen LogP contribution is -2.42. The molecule has 1 saturated heterocycles. The molecule has 17 heavy (non-hydrogen) atoms. The van der Waals surface area contributed by atoms with E-state index in [0.29, 0.717) is 0 Å². The number of hydrogen-bond acceptors (Lipinski definition) is 2. The second-order valence-corrected chi connectivity index (χ2v) is 6.70. The molecule has 3 atom stereocenters. The van der Waals surface area contributed by atoms with Crippen molar-refractivity contribution in [2.24, 2.45) is 17.8 Å². The fourth-order valence-corrected chi connectivity index (χ4v) is 3.94. The molecule has 100 valence electrons. The highest BCUT2D eigenvalue weighted by molar-refractivity contribution is 4.78. The fraction of sp³-hybridized carbons (Fsp3) is 1.00. The van der Waals surface area contributed by atoms with Crippen LogP contribution in [0.3, 0.4) is 0 Å². The standard InChI is InChI=1S/C15H29NO/c1-12-7-13(2)10-16(9-12)11-15(17)8-14-5-3-4-6-14/h12-15,17H,3-11H2,1-2H3. The van der Waals surface area contributed by atoms with Gasteiger partial charge in [-0.3, -0.25) is 0 Å². The van der Waals surface area contributed by atoms with Gasteiger partial charge in [0.25, 0.3) is 0 Å². The molecule has 2 heteroatoms. The van der Waals surface area contributed by atoms with Gasteiger partial charge in [-0.25, -0.2) is 0 Å². The summed E-state index contributed by atoms with van der Waals surface area (Å²) in [6, 6.07) is 0. The summed E-state index contributed by atoms with van der Waals surface area (Å²) in [5.74, 6) is 2.42. The highest BCUT2D eigenvalue weighted by Crippen LogP contribution is 2.29. The van der Waals surface area contributed by atoms with Crippen LogP contribution >= 0.6 is 0 Å². The summed E-state index contributed by atoms with van der Waals surface area (Å²) in [5, 5.41) is 10.2. The third-order valence-corrected chi connectivity index (χ3v) is 4.49. The monoisotopic (exact) mass is 239 g/mol. The molecule has 2 fully saturated rings. The van der Waals surface area contributed by atoms with E-state index >= 15 is 0 Å². The summed E-state index contributed by atoms with van der Waals surface area (Å²) in [6.45, 7) is 7.96. The Balaban J connectivity index is 1.71. The minimum absolute atomic E-state index is 0.0874. The highest BCUT2D eigenvalue weighted by Gasteiger charge is 2.25. The second kappa shape index (κ2) is 6.19. The van der Waals surface area contributed by atoms with E-state index in [9.17, 15) is 5.11 Å². The van der Waals surface area contributed by atoms with Crippen molar-refractivity contribution in [3.63, 3.8) is 0 Å². The molecule has 1 aliphatic carbocycles. The lowest BCUT2D eigenvalue weighted by Gasteiger charge is -2.36. The van der Waals surface area contributed by atoms with Gasteiger partial charge in [0.05, 0.1) is 6.10 Å². The van der Waals surface area contributed by atoms with Crippen molar-refractivity contribution in [3.8, 4) is 0 Å². The predicted molar refractivity (Wildman–Crippen MR) is 72.0 cm³/mol. The smallest absolute Gasteiger partial charge is 0.0669 e. The molecule has 2 aliphatic rings. The molecular weight excluding hydrogens is 210 g/mol. The van der Waals surface area contributed by atoms with Crippen LogP contribution < -0.4 is 0 Å². The van der Waals surface area contributed by atoms with Crippen LogP contribution in [0.4, 0.5) is 0 Å². The van der Waals surface area contributed by atoms with E-state index in [-0.39, 0.29) is 6.10 Å². The van der Waals surface area contributed by atoms with Gasteiger partial charge in [-0.15, -0.1) is 0 Å². The van der Waals surface area contributed by atoms with Gasteiger partial charge in [-0.2, -0.15) is 0 Å². The first-order valence-electron chi connectivity index (χ1n) is 7.54. The van der Waals surface area contributed by atoms with Gasteiger partial charge in [-0.1, -0.05) is 39.5 Å². The Morgan fingerprint density at radius 3 is 2.29 bits per heavy atom. The number of piperidine rings is 1. The number of aliphatic hydroxyl groups is 1. The average Bonchev–Trinajstić information content (AvgIpc) is 2.67.